The molecule has 1 aromatic carbocycles. The van der Waals surface area contributed by atoms with Crippen LogP contribution in [0.15, 0.2) is 41.8 Å². The summed E-state index contributed by atoms with van der Waals surface area (Å²) in [4.78, 5) is 22.6. The molecule has 0 aliphatic carbocycles. The monoisotopic (exact) mass is 235 g/mol. The van der Waals surface area contributed by atoms with Crippen LogP contribution in [0.1, 0.15) is 6.92 Å². The van der Waals surface area contributed by atoms with E-state index < -0.39 is 11.8 Å². The molecule has 0 radical (unpaired) electrons. The first-order chi connectivity index (χ1) is 8.06. The SMILES string of the molecule is COC(=O)/C(C(C)=O)=C(/N)Oc1ccccc1. The van der Waals surface area contributed by atoms with E-state index >= 15 is 0 Å². The Morgan fingerprint density at radius 1 is 1.18 bits per heavy atom. The molecule has 0 amide bonds. The number of esters is 1. The lowest BCUT2D eigenvalue weighted by molar-refractivity contribution is -0.137. The molecule has 0 aliphatic heterocycles. The molecule has 0 saturated carbocycles. The molecule has 5 nitrogen and oxygen atoms in total. The molecule has 1 rings (SSSR count). The third-order valence-electron chi connectivity index (χ3n) is 1.96. The molecular weight excluding hydrogens is 222 g/mol. The number of ether oxygens (including phenoxy) is 2. The van der Waals surface area contributed by atoms with Crippen molar-refractivity contribution in [2.45, 2.75) is 6.92 Å². The number of para-hydroxylation sites is 1. The summed E-state index contributed by atoms with van der Waals surface area (Å²) < 4.78 is 9.65. The van der Waals surface area contributed by atoms with E-state index in [9.17, 15) is 9.59 Å². The van der Waals surface area contributed by atoms with Gasteiger partial charge in [-0.05, 0) is 19.1 Å². The molecule has 0 fully saturated rings. The molecule has 0 saturated heterocycles. The zero-order valence-corrected chi connectivity index (χ0v) is 9.60. The van der Waals surface area contributed by atoms with Crippen LogP contribution in [0.3, 0.4) is 0 Å². The van der Waals surface area contributed by atoms with Crippen LogP contribution in [0.5, 0.6) is 5.75 Å². The summed E-state index contributed by atoms with van der Waals surface area (Å²) >= 11 is 0. The van der Waals surface area contributed by atoms with Crippen molar-refractivity contribution in [3.8, 4) is 5.75 Å². The average molecular weight is 235 g/mol. The summed E-state index contributed by atoms with van der Waals surface area (Å²) in [5, 5.41) is 0. The number of hydrogen-bond donors (Lipinski definition) is 1. The second-order valence-corrected chi connectivity index (χ2v) is 3.20. The number of Topliss-reactive ketones (excluding diaryl/α,β-unsaturated/α-hetero) is 1. The summed E-state index contributed by atoms with van der Waals surface area (Å²) in [6, 6.07) is 8.60. The number of hydrogen-bond acceptors (Lipinski definition) is 5. The molecule has 0 spiro atoms. The van der Waals surface area contributed by atoms with Gasteiger partial charge in [0.25, 0.3) is 0 Å². The van der Waals surface area contributed by atoms with E-state index in [4.69, 9.17) is 10.5 Å². The summed E-state index contributed by atoms with van der Waals surface area (Å²) in [6.07, 6.45) is 0. The Balaban J connectivity index is 3.01. The zero-order chi connectivity index (χ0) is 12.8. The van der Waals surface area contributed by atoms with Crippen molar-refractivity contribution in [2.75, 3.05) is 7.11 Å². The van der Waals surface area contributed by atoms with Crippen molar-refractivity contribution in [3.05, 3.63) is 41.8 Å². The van der Waals surface area contributed by atoms with E-state index in [0.717, 1.165) is 0 Å². The lowest BCUT2D eigenvalue weighted by Crippen LogP contribution is -2.21. The molecule has 2 N–H and O–H groups in total. The Bertz CT molecular complexity index is 451. The predicted molar refractivity (Wildman–Crippen MR) is 61.0 cm³/mol. The highest BCUT2D eigenvalue weighted by atomic mass is 16.5. The van der Waals surface area contributed by atoms with E-state index in [1.54, 1.807) is 30.3 Å². The molecule has 0 bridgehead atoms. The quantitative estimate of drug-likeness (QED) is 0.277. The van der Waals surface area contributed by atoms with E-state index in [-0.39, 0.29) is 11.5 Å². The summed E-state index contributed by atoms with van der Waals surface area (Å²) in [7, 11) is 1.17. The van der Waals surface area contributed by atoms with Crippen LogP contribution in [0.4, 0.5) is 0 Å². The summed E-state index contributed by atoms with van der Waals surface area (Å²) in [5.41, 5.74) is 5.27. The van der Waals surface area contributed by atoms with Gasteiger partial charge in [-0.15, -0.1) is 0 Å². The van der Waals surface area contributed by atoms with Crippen molar-refractivity contribution in [3.63, 3.8) is 0 Å². The number of nitrogens with two attached hydrogens (primary N) is 1. The fraction of sp³-hybridized carbons (Fsp3) is 0.167. The molecular formula is C12H13NO4. The maximum atomic E-state index is 11.3. The van der Waals surface area contributed by atoms with Crippen LogP contribution in [0.25, 0.3) is 0 Å². The minimum absolute atomic E-state index is 0.268. The highest BCUT2D eigenvalue weighted by molar-refractivity contribution is 6.16. The minimum Gasteiger partial charge on any atom is -0.465 e. The van der Waals surface area contributed by atoms with Crippen LogP contribution in [0.2, 0.25) is 0 Å². The zero-order valence-electron chi connectivity index (χ0n) is 9.60. The fourth-order valence-electron chi connectivity index (χ4n) is 1.19. The fourth-order valence-corrected chi connectivity index (χ4v) is 1.19. The third kappa shape index (κ3) is 3.34. The van der Waals surface area contributed by atoms with Gasteiger partial charge >= 0.3 is 5.97 Å². The van der Waals surface area contributed by atoms with Gasteiger partial charge in [-0.3, -0.25) is 4.79 Å². The Hall–Kier alpha value is -2.30. The minimum atomic E-state index is -0.814. The molecule has 90 valence electrons. The van der Waals surface area contributed by atoms with E-state index in [2.05, 4.69) is 4.74 Å². The Labute approximate surface area is 98.8 Å². The molecule has 0 aliphatic rings. The molecule has 17 heavy (non-hydrogen) atoms. The molecule has 0 unspecified atom stereocenters. The van der Waals surface area contributed by atoms with Crippen molar-refractivity contribution >= 4 is 11.8 Å². The highest BCUT2D eigenvalue weighted by Gasteiger charge is 2.21. The number of ketones is 1. The van der Waals surface area contributed by atoms with Gasteiger partial charge in [0.05, 0.1) is 7.11 Å². The van der Waals surface area contributed by atoms with Crippen LogP contribution in [0, 0.1) is 0 Å². The highest BCUT2D eigenvalue weighted by Crippen LogP contribution is 2.13. The Morgan fingerprint density at radius 2 is 1.76 bits per heavy atom. The first kappa shape index (κ1) is 12.8. The summed E-state index contributed by atoms with van der Waals surface area (Å²) in [5.74, 6) is -1.15. The average Bonchev–Trinajstić information content (AvgIpc) is 2.29. The Kier molecular flexibility index (Phi) is 4.28. The van der Waals surface area contributed by atoms with Gasteiger partial charge in [0, 0.05) is 0 Å². The molecule has 0 atom stereocenters. The van der Waals surface area contributed by atoms with Crippen LogP contribution >= 0.6 is 0 Å². The standard InChI is InChI=1S/C12H13NO4/c1-8(14)10(12(15)16-2)11(13)17-9-6-4-3-5-7-9/h3-7H,13H2,1-2H3/b11-10-. The smallest absolute Gasteiger partial charge is 0.346 e. The maximum Gasteiger partial charge on any atom is 0.346 e. The number of carbonyl (C=O) groups is 2. The van der Waals surface area contributed by atoms with Crippen molar-refractivity contribution in [1.29, 1.82) is 0 Å². The Morgan fingerprint density at radius 3 is 2.24 bits per heavy atom. The van der Waals surface area contributed by atoms with Gasteiger partial charge in [-0.2, -0.15) is 0 Å². The lowest BCUT2D eigenvalue weighted by Gasteiger charge is -2.08. The maximum absolute atomic E-state index is 11.3. The number of methoxy groups -OCH3 is 1. The number of rotatable bonds is 4. The van der Waals surface area contributed by atoms with Crippen molar-refractivity contribution < 1.29 is 19.1 Å². The van der Waals surface area contributed by atoms with E-state index in [1.807, 2.05) is 0 Å². The molecule has 0 heterocycles. The van der Waals surface area contributed by atoms with Crippen LogP contribution in [-0.2, 0) is 14.3 Å². The largest absolute Gasteiger partial charge is 0.465 e. The van der Waals surface area contributed by atoms with Crippen molar-refractivity contribution in [2.24, 2.45) is 5.73 Å². The molecule has 1 aromatic rings. The van der Waals surface area contributed by atoms with Gasteiger partial charge in [0.1, 0.15) is 5.75 Å². The number of carbonyl (C=O) groups excluding carboxylic acids is 2. The molecule has 5 heteroatoms. The second kappa shape index (κ2) is 5.69. The van der Waals surface area contributed by atoms with Crippen LogP contribution < -0.4 is 10.5 Å². The number of benzene rings is 1. The summed E-state index contributed by atoms with van der Waals surface area (Å²) in [6.45, 7) is 1.22. The van der Waals surface area contributed by atoms with Gasteiger partial charge in [0.15, 0.2) is 11.4 Å². The first-order valence-electron chi connectivity index (χ1n) is 4.88. The van der Waals surface area contributed by atoms with Crippen LogP contribution in [-0.4, -0.2) is 18.9 Å². The topological polar surface area (TPSA) is 78.6 Å². The second-order valence-electron chi connectivity index (χ2n) is 3.20. The van der Waals surface area contributed by atoms with Gasteiger partial charge in [-0.25, -0.2) is 4.79 Å². The van der Waals surface area contributed by atoms with Gasteiger partial charge in [0.2, 0.25) is 5.88 Å². The normalized spacial score (nSPS) is 11.4. The lowest BCUT2D eigenvalue weighted by atomic mass is 10.2. The first-order valence-corrected chi connectivity index (χ1v) is 4.88. The predicted octanol–water partition coefficient (Wildman–Crippen LogP) is 0.998. The van der Waals surface area contributed by atoms with Gasteiger partial charge < -0.3 is 15.2 Å². The molecule has 0 aromatic heterocycles. The van der Waals surface area contributed by atoms with Gasteiger partial charge in [-0.1, -0.05) is 18.2 Å². The van der Waals surface area contributed by atoms with Crippen molar-refractivity contribution in [1.82, 2.24) is 0 Å². The van der Waals surface area contributed by atoms with E-state index in [1.165, 1.54) is 14.0 Å². The third-order valence-corrected chi connectivity index (χ3v) is 1.96. The van der Waals surface area contributed by atoms with E-state index in [0.29, 0.717) is 5.75 Å².